The largest absolute Gasteiger partial charge is 0.273 e. The van der Waals surface area contributed by atoms with E-state index in [1.165, 1.54) is 16.2 Å². The number of amides is 2. The molecule has 3 aliphatic rings. The Kier molecular flexibility index (Phi) is 5.01. The molecule has 2 amide bonds. The first kappa shape index (κ1) is 21.1. The highest BCUT2D eigenvalue weighted by atomic mass is 32.1. The van der Waals surface area contributed by atoms with E-state index in [2.05, 4.69) is 6.07 Å². The first-order valence-electron chi connectivity index (χ1n) is 11.6. The minimum absolute atomic E-state index is 0.296. The standard InChI is InChI=1S/C27H23N3O3S/c1-16-9-5-7-13-20(16)30-23(17-10-3-2-4-11-17)22-24(33-30)26(32)29(25(22)31)27-19(15-28)18-12-6-8-14-21(18)34-27/h2-5,7,9-11,13,22-24H,6,8,12,14H2,1H3/t22-,23+,24-/m0/s1. The summed E-state index contributed by atoms with van der Waals surface area (Å²) < 4.78 is 0. The van der Waals surface area contributed by atoms with Crippen molar-refractivity contribution < 1.29 is 14.4 Å². The molecule has 170 valence electrons. The summed E-state index contributed by atoms with van der Waals surface area (Å²) >= 11 is 1.42. The molecule has 2 aromatic carbocycles. The van der Waals surface area contributed by atoms with Gasteiger partial charge in [-0.3, -0.25) is 14.4 Å². The van der Waals surface area contributed by atoms with Crippen LogP contribution in [0.1, 0.15) is 46.0 Å². The number of thiophene rings is 1. The summed E-state index contributed by atoms with van der Waals surface area (Å²) in [4.78, 5) is 36.2. The highest BCUT2D eigenvalue weighted by Crippen LogP contribution is 2.50. The average Bonchev–Trinajstić information content (AvgIpc) is 3.50. The number of imide groups is 1. The number of carbonyl (C=O) groups excluding carboxylic acids is 2. The van der Waals surface area contributed by atoms with Crippen LogP contribution in [-0.2, 0) is 27.3 Å². The lowest BCUT2D eigenvalue weighted by atomic mass is 9.90. The molecule has 2 aliphatic heterocycles. The topological polar surface area (TPSA) is 73.6 Å². The quantitative estimate of drug-likeness (QED) is 0.512. The van der Waals surface area contributed by atoms with Gasteiger partial charge in [0.25, 0.3) is 5.91 Å². The van der Waals surface area contributed by atoms with Crippen LogP contribution in [0.5, 0.6) is 0 Å². The van der Waals surface area contributed by atoms with Crippen molar-refractivity contribution in [1.29, 1.82) is 5.26 Å². The van der Waals surface area contributed by atoms with Crippen molar-refractivity contribution >= 4 is 33.8 Å². The molecule has 2 saturated heterocycles. The molecule has 34 heavy (non-hydrogen) atoms. The molecule has 7 heteroatoms. The summed E-state index contributed by atoms with van der Waals surface area (Å²) in [5.74, 6) is -1.38. The Hall–Kier alpha value is -3.47. The molecule has 3 aromatic rings. The maximum atomic E-state index is 13.9. The minimum Gasteiger partial charge on any atom is -0.273 e. The number of hydroxylamine groups is 1. The van der Waals surface area contributed by atoms with Crippen LogP contribution < -0.4 is 9.96 Å². The van der Waals surface area contributed by atoms with E-state index in [1.807, 2.05) is 61.5 Å². The van der Waals surface area contributed by atoms with E-state index >= 15 is 0 Å². The fourth-order valence-corrected chi connectivity index (χ4v) is 6.80. The molecule has 3 atom stereocenters. The van der Waals surface area contributed by atoms with E-state index in [1.54, 1.807) is 5.06 Å². The number of hydrogen-bond acceptors (Lipinski definition) is 6. The number of hydrogen-bond donors (Lipinski definition) is 0. The summed E-state index contributed by atoms with van der Waals surface area (Å²) in [6.45, 7) is 1.99. The molecule has 0 N–H and O–H groups in total. The fraction of sp³-hybridized carbons (Fsp3) is 0.296. The van der Waals surface area contributed by atoms with Gasteiger partial charge < -0.3 is 0 Å². The molecule has 6 rings (SSSR count). The smallest absolute Gasteiger partial charge is 0.267 e. The average molecular weight is 470 g/mol. The summed E-state index contributed by atoms with van der Waals surface area (Å²) in [5, 5.41) is 12.1. The van der Waals surface area contributed by atoms with Gasteiger partial charge in [-0.05, 0) is 55.4 Å². The molecule has 3 heterocycles. The van der Waals surface area contributed by atoms with Crippen LogP contribution in [-0.4, -0.2) is 17.9 Å². The van der Waals surface area contributed by atoms with Crippen LogP contribution in [0.2, 0.25) is 0 Å². The van der Waals surface area contributed by atoms with Gasteiger partial charge in [-0.15, -0.1) is 11.3 Å². The molecule has 2 fully saturated rings. The van der Waals surface area contributed by atoms with E-state index in [0.29, 0.717) is 10.6 Å². The van der Waals surface area contributed by atoms with E-state index < -0.39 is 18.1 Å². The second-order valence-corrected chi connectivity index (χ2v) is 10.1. The molecule has 0 radical (unpaired) electrons. The first-order valence-corrected chi connectivity index (χ1v) is 12.4. The Labute approximate surface area is 201 Å². The van der Waals surface area contributed by atoms with Gasteiger partial charge in [0, 0.05) is 4.88 Å². The molecular weight excluding hydrogens is 446 g/mol. The Morgan fingerprint density at radius 1 is 1.00 bits per heavy atom. The zero-order chi connectivity index (χ0) is 23.4. The fourth-order valence-electron chi connectivity index (χ4n) is 5.45. The third-order valence-corrected chi connectivity index (χ3v) is 8.35. The van der Waals surface area contributed by atoms with Gasteiger partial charge >= 0.3 is 0 Å². The predicted molar refractivity (Wildman–Crippen MR) is 129 cm³/mol. The summed E-state index contributed by atoms with van der Waals surface area (Å²) in [6, 6.07) is 19.4. The van der Waals surface area contributed by atoms with Crippen molar-refractivity contribution in [3.05, 3.63) is 81.7 Å². The second kappa shape index (κ2) is 8.08. The van der Waals surface area contributed by atoms with Crippen LogP contribution >= 0.6 is 11.3 Å². The van der Waals surface area contributed by atoms with Crippen molar-refractivity contribution in [1.82, 2.24) is 0 Å². The van der Waals surface area contributed by atoms with Crippen molar-refractivity contribution in [2.75, 3.05) is 9.96 Å². The third kappa shape index (κ3) is 3.03. The summed E-state index contributed by atoms with van der Waals surface area (Å²) in [7, 11) is 0. The zero-order valence-electron chi connectivity index (χ0n) is 18.7. The third-order valence-electron chi connectivity index (χ3n) is 7.08. The minimum atomic E-state index is -0.928. The lowest BCUT2D eigenvalue weighted by Crippen LogP contribution is -2.37. The van der Waals surface area contributed by atoms with Crippen molar-refractivity contribution in [3.8, 4) is 6.07 Å². The van der Waals surface area contributed by atoms with Gasteiger partial charge in [0.05, 0.1) is 17.3 Å². The Balaban J connectivity index is 1.45. The number of nitriles is 1. The molecule has 0 unspecified atom stereocenters. The lowest BCUT2D eigenvalue weighted by molar-refractivity contribution is -0.126. The van der Waals surface area contributed by atoms with Crippen molar-refractivity contribution in [2.45, 2.75) is 44.8 Å². The molecule has 0 spiro atoms. The number of benzene rings is 2. The van der Waals surface area contributed by atoms with Gasteiger partial charge in [0.2, 0.25) is 5.91 Å². The zero-order valence-corrected chi connectivity index (χ0v) is 19.5. The Morgan fingerprint density at radius 3 is 2.50 bits per heavy atom. The normalized spacial score (nSPS) is 23.7. The van der Waals surface area contributed by atoms with Gasteiger partial charge in [-0.1, -0.05) is 48.5 Å². The van der Waals surface area contributed by atoms with Gasteiger partial charge in [-0.2, -0.15) is 5.26 Å². The van der Waals surface area contributed by atoms with Crippen LogP contribution in [0.3, 0.4) is 0 Å². The van der Waals surface area contributed by atoms with E-state index in [-0.39, 0.29) is 11.8 Å². The number of carbonyl (C=O) groups is 2. The predicted octanol–water partition coefficient (Wildman–Crippen LogP) is 4.86. The van der Waals surface area contributed by atoms with Gasteiger partial charge in [0.1, 0.15) is 17.0 Å². The van der Waals surface area contributed by atoms with Crippen LogP contribution in [0, 0.1) is 24.2 Å². The maximum absolute atomic E-state index is 13.9. The molecule has 1 aliphatic carbocycles. The van der Waals surface area contributed by atoms with E-state index in [9.17, 15) is 14.9 Å². The number of rotatable bonds is 3. The maximum Gasteiger partial charge on any atom is 0.267 e. The lowest BCUT2D eigenvalue weighted by Gasteiger charge is -2.29. The molecule has 0 saturated carbocycles. The summed E-state index contributed by atoms with van der Waals surface area (Å²) in [6.07, 6.45) is 2.87. The van der Waals surface area contributed by atoms with Crippen LogP contribution in [0.15, 0.2) is 54.6 Å². The monoisotopic (exact) mass is 469 g/mol. The highest BCUT2D eigenvalue weighted by molar-refractivity contribution is 7.17. The Bertz CT molecular complexity index is 1340. The highest BCUT2D eigenvalue weighted by Gasteiger charge is 2.61. The van der Waals surface area contributed by atoms with E-state index in [4.69, 9.17) is 4.84 Å². The Morgan fingerprint density at radius 2 is 1.74 bits per heavy atom. The molecule has 0 bridgehead atoms. The van der Waals surface area contributed by atoms with Crippen molar-refractivity contribution in [2.24, 2.45) is 5.92 Å². The van der Waals surface area contributed by atoms with Crippen molar-refractivity contribution in [3.63, 3.8) is 0 Å². The second-order valence-electron chi connectivity index (χ2n) is 9.03. The van der Waals surface area contributed by atoms with Crippen LogP contribution in [0.4, 0.5) is 10.7 Å². The van der Waals surface area contributed by atoms with E-state index in [0.717, 1.165) is 52.9 Å². The number of fused-ring (bicyclic) bond motifs is 2. The molecular formula is C27H23N3O3S. The number of nitrogens with zero attached hydrogens (tertiary/aromatic N) is 3. The summed E-state index contributed by atoms with van der Waals surface area (Å²) in [5.41, 5.74) is 4.23. The van der Waals surface area contributed by atoms with Gasteiger partial charge in [-0.25, -0.2) is 9.96 Å². The first-order chi connectivity index (χ1) is 16.6. The SMILES string of the molecule is Cc1ccccc1N1O[C@@H]2C(=O)N(c3sc4c(c3C#N)CCCC4)C(=O)[C@H]2[C@H]1c1ccccc1. The molecule has 6 nitrogen and oxygen atoms in total. The number of aryl methyl sites for hydroxylation is 2. The number of para-hydroxylation sites is 1. The molecule has 1 aromatic heterocycles. The van der Waals surface area contributed by atoms with Crippen LogP contribution in [0.25, 0.3) is 0 Å². The van der Waals surface area contributed by atoms with Gasteiger partial charge in [0.15, 0.2) is 6.10 Å². The number of anilines is 2.